The van der Waals surface area contributed by atoms with Gasteiger partial charge in [-0.25, -0.2) is 4.79 Å². The highest BCUT2D eigenvalue weighted by atomic mass is 19.4. The van der Waals surface area contributed by atoms with Crippen molar-refractivity contribution in [3.8, 4) is 0 Å². The molecule has 1 N–H and O–H groups in total. The highest BCUT2D eigenvalue weighted by Crippen LogP contribution is 2.41. The lowest BCUT2D eigenvalue weighted by molar-refractivity contribution is -0.192. The molecular weight excluding hydrogens is 345 g/mol. The normalized spacial score (nSPS) is 22.0. The van der Waals surface area contributed by atoms with Gasteiger partial charge >= 0.3 is 12.1 Å². The SMILES string of the molecule is O=C(O)c1ccc2c(c1)cc(CN1CCCCC1C(F)(F)F)n2C1CC1. The van der Waals surface area contributed by atoms with E-state index in [0.29, 0.717) is 19.0 Å². The molecular formula is C19H21F3N2O2. The summed E-state index contributed by atoms with van der Waals surface area (Å²) in [5, 5.41) is 9.97. The first-order chi connectivity index (χ1) is 12.3. The quantitative estimate of drug-likeness (QED) is 0.861. The summed E-state index contributed by atoms with van der Waals surface area (Å²) < 4.78 is 42.3. The number of aromatic carboxylic acids is 1. The Morgan fingerprint density at radius 3 is 2.58 bits per heavy atom. The molecule has 26 heavy (non-hydrogen) atoms. The van der Waals surface area contributed by atoms with Crippen LogP contribution in [0, 0.1) is 0 Å². The van der Waals surface area contributed by atoms with E-state index >= 15 is 0 Å². The summed E-state index contributed by atoms with van der Waals surface area (Å²) in [5.41, 5.74) is 1.96. The lowest BCUT2D eigenvalue weighted by atomic mass is 10.0. The minimum atomic E-state index is -4.21. The molecule has 1 aliphatic carbocycles. The largest absolute Gasteiger partial charge is 0.478 e. The van der Waals surface area contributed by atoms with Crippen molar-refractivity contribution in [2.75, 3.05) is 6.54 Å². The van der Waals surface area contributed by atoms with Crippen molar-refractivity contribution in [1.82, 2.24) is 9.47 Å². The maximum absolute atomic E-state index is 13.4. The second-order valence-corrected chi connectivity index (χ2v) is 7.34. The maximum atomic E-state index is 13.4. The topological polar surface area (TPSA) is 45.5 Å². The third-order valence-corrected chi connectivity index (χ3v) is 5.43. The molecule has 1 aromatic carbocycles. The van der Waals surface area contributed by atoms with Crippen LogP contribution in [0.2, 0.25) is 0 Å². The molecule has 140 valence electrons. The molecule has 4 nitrogen and oxygen atoms in total. The van der Waals surface area contributed by atoms with Gasteiger partial charge in [-0.1, -0.05) is 6.42 Å². The van der Waals surface area contributed by atoms with E-state index in [1.807, 2.05) is 6.07 Å². The Balaban J connectivity index is 1.71. The number of carbonyl (C=O) groups is 1. The number of benzene rings is 1. The number of alkyl halides is 3. The third kappa shape index (κ3) is 3.20. The Kier molecular flexibility index (Phi) is 4.22. The second kappa shape index (κ2) is 6.30. The number of hydrogen-bond acceptors (Lipinski definition) is 2. The summed E-state index contributed by atoms with van der Waals surface area (Å²) in [7, 11) is 0. The summed E-state index contributed by atoms with van der Waals surface area (Å²) >= 11 is 0. The smallest absolute Gasteiger partial charge is 0.404 e. The Bertz CT molecular complexity index is 839. The molecule has 1 aromatic heterocycles. The van der Waals surface area contributed by atoms with Gasteiger partial charge in [0.15, 0.2) is 0 Å². The van der Waals surface area contributed by atoms with E-state index in [0.717, 1.165) is 35.9 Å². The fraction of sp³-hybridized carbons (Fsp3) is 0.526. The highest BCUT2D eigenvalue weighted by molar-refractivity contribution is 5.94. The zero-order valence-electron chi connectivity index (χ0n) is 14.3. The summed E-state index contributed by atoms with van der Waals surface area (Å²) in [6.07, 6.45) is -0.655. The van der Waals surface area contributed by atoms with Crippen molar-refractivity contribution < 1.29 is 23.1 Å². The average molecular weight is 366 g/mol. The number of carboxylic acids is 1. The van der Waals surface area contributed by atoms with Crippen LogP contribution in [0.1, 0.15) is 54.2 Å². The Morgan fingerprint density at radius 2 is 1.92 bits per heavy atom. The van der Waals surface area contributed by atoms with E-state index in [4.69, 9.17) is 0 Å². The van der Waals surface area contributed by atoms with Crippen molar-refractivity contribution in [1.29, 1.82) is 0 Å². The van der Waals surface area contributed by atoms with Gasteiger partial charge in [0.1, 0.15) is 6.04 Å². The van der Waals surface area contributed by atoms with E-state index in [1.54, 1.807) is 18.2 Å². The van der Waals surface area contributed by atoms with Crippen LogP contribution in [-0.2, 0) is 6.54 Å². The number of hydrogen-bond donors (Lipinski definition) is 1. The molecule has 1 saturated heterocycles. The molecule has 2 heterocycles. The fourth-order valence-electron chi connectivity index (χ4n) is 4.07. The standard InChI is InChI=1S/C19H21F3N2O2/c20-19(21,22)17-3-1-2-8-23(17)11-15-10-13-9-12(18(25)26)4-7-16(13)24(15)14-5-6-14/h4,7,9-10,14,17H,1-3,5-6,8,11H2,(H,25,26). The van der Waals surface area contributed by atoms with Gasteiger partial charge in [0.25, 0.3) is 0 Å². The van der Waals surface area contributed by atoms with Crippen LogP contribution in [0.4, 0.5) is 13.2 Å². The fourth-order valence-corrected chi connectivity index (χ4v) is 4.07. The molecule has 0 amide bonds. The summed E-state index contributed by atoms with van der Waals surface area (Å²) in [5.74, 6) is -0.999. The Hall–Kier alpha value is -2.02. The zero-order valence-corrected chi connectivity index (χ0v) is 14.3. The number of fused-ring (bicyclic) bond motifs is 1. The van der Waals surface area contributed by atoms with Crippen LogP contribution in [-0.4, -0.2) is 39.3 Å². The van der Waals surface area contributed by atoms with E-state index in [-0.39, 0.29) is 18.5 Å². The van der Waals surface area contributed by atoms with Gasteiger partial charge in [0.05, 0.1) is 5.56 Å². The molecule has 0 bridgehead atoms. The van der Waals surface area contributed by atoms with E-state index < -0.39 is 18.2 Å². The number of aromatic nitrogens is 1. The average Bonchev–Trinajstić information content (AvgIpc) is 3.35. The summed E-state index contributed by atoms with van der Waals surface area (Å²) in [6.45, 7) is 0.689. The van der Waals surface area contributed by atoms with Crippen molar-refractivity contribution in [2.45, 2.75) is 56.9 Å². The van der Waals surface area contributed by atoms with Gasteiger partial charge in [-0.3, -0.25) is 4.90 Å². The van der Waals surface area contributed by atoms with Crippen molar-refractivity contribution >= 4 is 16.9 Å². The van der Waals surface area contributed by atoms with Crippen LogP contribution in [0.3, 0.4) is 0 Å². The van der Waals surface area contributed by atoms with Gasteiger partial charge < -0.3 is 9.67 Å². The predicted octanol–water partition coefficient (Wildman–Crippen LogP) is 4.59. The number of rotatable bonds is 4. The molecule has 1 aliphatic heterocycles. The molecule has 4 rings (SSSR count). The van der Waals surface area contributed by atoms with Crippen LogP contribution < -0.4 is 0 Å². The first-order valence-electron chi connectivity index (χ1n) is 9.02. The molecule has 2 aliphatic rings. The molecule has 1 atom stereocenters. The Morgan fingerprint density at radius 1 is 1.15 bits per heavy atom. The number of nitrogens with zero attached hydrogens (tertiary/aromatic N) is 2. The van der Waals surface area contributed by atoms with Gasteiger partial charge in [-0.05, 0) is 56.5 Å². The number of halogens is 3. The maximum Gasteiger partial charge on any atom is 0.404 e. The number of carboxylic acid groups (broad SMARTS) is 1. The van der Waals surface area contributed by atoms with E-state index in [1.165, 1.54) is 4.90 Å². The highest BCUT2D eigenvalue weighted by Gasteiger charge is 2.44. The monoisotopic (exact) mass is 366 g/mol. The molecule has 1 unspecified atom stereocenters. The van der Waals surface area contributed by atoms with Crippen molar-refractivity contribution in [2.24, 2.45) is 0 Å². The second-order valence-electron chi connectivity index (χ2n) is 7.34. The van der Waals surface area contributed by atoms with Gasteiger partial charge in [-0.15, -0.1) is 0 Å². The van der Waals surface area contributed by atoms with E-state index in [2.05, 4.69) is 4.57 Å². The van der Waals surface area contributed by atoms with Gasteiger partial charge in [0.2, 0.25) is 0 Å². The lowest BCUT2D eigenvalue weighted by Crippen LogP contribution is -2.48. The van der Waals surface area contributed by atoms with Gasteiger partial charge in [0, 0.05) is 29.2 Å². The molecule has 0 spiro atoms. The van der Waals surface area contributed by atoms with Crippen LogP contribution in [0.25, 0.3) is 10.9 Å². The molecule has 2 aromatic rings. The summed E-state index contributed by atoms with van der Waals surface area (Å²) in [4.78, 5) is 12.7. The van der Waals surface area contributed by atoms with Crippen molar-refractivity contribution in [3.05, 3.63) is 35.5 Å². The lowest BCUT2D eigenvalue weighted by Gasteiger charge is -2.36. The van der Waals surface area contributed by atoms with Gasteiger partial charge in [-0.2, -0.15) is 13.2 Å². The van der Waals surface area contributed by atoms with Crippen LogP contribution in [0.5, 0.6) is 0 Å². The Labute approximate surface area is 149 Å². The number of piperidine rings is 1. The molecule has 1 saturated carbocycles. The minimum Gasteiger partial charge on any atom is -0.478 e. The predicted molar refractivity (Wildman–Crippen MR) is 91.3 cm³/mol. The number of likely N-dealkylation sites (tertiary alicyclic amines) is 1. The molecule has 7 heteroatoms. The third-order valence-electron chi connectivity index (χ3n) is 5.43. The minimum absolute atomic E-state index is 0.149. The van der Waals surface area contributed by atoms with E-state index in [9.17, 15) is 23.1 Å². The zero-order chi connectivity index (χ0) is 18.5. The first kappa shape index (κ1) is 17.4. The first-order valence-corrected chi connectivity index (χ1v) is 9.02. The van der Waals surface area contributed by atoms with Crippen molar-refractivity contribution in [3.63, 3.8) is 0 Å². The van der Waals surface area contributed by atoms with Crippen LogP contribution in [0.15, 0.2) is 24.3 Å². The van der Waals surface area contributed by atoms with Crippen LogP contribution >= 0.6 is 0 Å². The summed E-state index contributed by atoms with van der Waals surface area (Å²) in [6, 6.07) is 5.73. The molecule has 0 radical (unpaired) electrons. The molecule has 2 fully saturated rings.